The van der Waals surface area contributed by atoms with Crippen molar-refractivity contribution in [2.45, 2.75) is 11.8 Å². The van der Waals surface area contributed by atoms with Crippen LogP contribution in [0.1, 0.15) is 15.9 Å². The lowest BCUT2D eigenvalue weighted by Crippen LogP contribution is -2.38. The van der Waals surface area contributed by atoms with Gasteiger partial charge in [-0.25, -0.2) is 13.2 Å². The molecule has 138 valence electrons. The maximum absolute atomic E-state index is 13.3. The first-order valence-corrected chi connectivity index (χ1v) is 9.35. The molecular weight excluding hydrogens is 358 g/mol. The molecule has 1 aliphatic heterocycles. The summed E-state index contributed by atoms with van der Waals surface area (Å²) in [7, 11) is -1.22. The zero-order valence-corrected chi connectivity index (χ0v) is 15.5. The van der Waals surface area contributed by atoms with Gasteiger partial charge in [0.05, 0.1) is 32.0 Å². The number of carbonyl (C=O) groups is 1. The van der Waals surface area contributed by atoms with Crippen LogP contribution >= 0.6 is 0 Å². The topological polar surface area (TPSA) is 82.1 Å². The van der Waals surface area contributed by atoms with Crippen LogP contribution in [0, 0.1) is 6.92 Å². The van der Waals surface area contributed by atoms with E-state index in [1.165, 1.54) is 30.7 Å². The van der Waals surface area contributed by atoms with Crippen LogP contribution in [0.25, 0.3) is 0 Å². The van der Waals surface area contributed by atoms with Gasteiger partial charge in [-0.1, -0.05) is 6.07 Å². The lowest BCUT2D eigenvalue weighted by molar-refractivity contribution is 0.0600. The van der Waals surface area contributed by atoms with Crippen molar-refractivity contribution in [3.05, 3.63) is 47.5 Å². The Labute approximate surface area is 152 Å². The first-order valence-electron chi connectivity index (χ1n) is 7.91. The van der Waals surface area contributed by atoms with Crippen LogP contribution in [-0.2, 0) is 14.8 Å². The number of carbonyl (C=O) groups excluding carboxylic acids is 1. The minimum absolute atomic E-state index is 0.0660. The highest BCUT2D eigenvalue weighted by atomic mass is 32.2. The average Bonchev–Trinajstić information content (AvgIpc) is 2.66. The summed E-state index contributed by atoms with van der Waals surface area (Å²) in [4.78, 5) is 11.9. The van der Waals surface area contributed by atoms with Crippen molar-refractivity contribution in [2.24, 2.45) is 0 Å². The van der Waals surface area contributed by atoms with E-state index in [1.807, 2.05) is 0 Å². The van der Waals surface area contributed by atoms with Gasteiger partial charge in [0.2, 0.25) is 0 Å². The van der Waals surface area contributed by atoms with E-state index in [2.05, 4.69) is 0 Å². The number of benzene rings is 2. The number of nitrogens with zero attached hydrogens (tertiary/aromatic N) is 1. The number of fused-ring (bicyclic) bond motifs is 1. The number of rotatable bonds is 4. The summed E-state index contributed by atoms with van der Waals surface area (Å²) in [5.74, 6) is 0.0933. The Balaban J connectivity index is 2.14. The Morgan fingerprint density at radius 1 is 1.15 bits per heavy atom. The van der Waals surface area contributed by atoms with Crippen LogP contribution in [0.2, 0.25) is 0 Å². The van der Waals surface area contributed by atoms with E-state index < -0.39 is 16.0 Å². The number of ether oxygens (including phenoxy) is 3. The smallest absolute Gasteiger partial charge is 0.337 e. The largest absolute Gasteiger partial charge is 0.495 e. The van der Waals surface area contributed by atoms with Gasteiger partial charge in [0.15, 0.2) is 0 Å². The molecule has 0 saturated carbocycles. The van der Waals surface area contributed by atoms with Crippen molar-refractivity contribution >= 4 is 21.7 Å². The second-order valence-corrected chi connectivity index (χ2v) is 7.58. The summed E-state index contributed by atoms with van der Waals surface area (Å²) < 4.78 is 43.3. The standard InChI is InChI=1S/C18H19NO6S/c1-12-4-6-16(23-2)17(10-12)26(21,22)19-8-9-25-15-7-5-13(11-14(15)19)18(20)24-3/h4-7,10-11H,8-9H2,1-3H3. The van der Waals surface area contributed by atoms with E-state index >= 15 is 0 Å². The Morgan fingerprint density at radius 3 is 2.62 bits per heavy atom. The molecule has 0 unspecified atom stereocenters. The predicted molar refractivity (Wildman–Crippen MR) is 95.5 cm³/mol. The highest BCUT2D eigenvalue weighted by molar-refractivity contribution is 7.93. The molecule has 0 spiro atoms. The minimum Gasteiger partial charge on any atom is -0.495 e. The average molecular weight is 377 g/mol. The first kappa shape index (κ1) is 18.1. The Hall–Kier alpha value is -2.74. The van der Waals surface area contributed by atoms with Crippen molar-refractivity contribution in [2.75, 3.05) is 31.7 Å². The van der Waals surface area contributed by atoms with Crippen molar-refractivity contribution in [1.82, 2.24) is 0 Å². The summed E-state index contributed by atoms with van der Waals surface area (Å²) in [6.45, 7) is 2.13. The Bertz CT molecular complexity index is 954. The Morgan fingerprint density at radius 2 is 1.92 bits per heavy atom. The number of anilines is 1. The molecular formula is C18H19NO6S. The molecule has 0 bridgehead atoms. The highest BCUT2D eigenvalue weighted by Gasteiger charge is 2.33. The second-order valence-electron chi connectivity index (χ2n) is 5.75. The van der Waals surface area contributed by atoms with Crippen LogP contribution < -0.4 is 13.8 Å². The quantitative estimate of drug-likeness (QED) is 0.761. The van der Waals surface area contributed by atoms with E-state index in [0.29, 0.717) is 11.4 Å². The first-order chi connectivity index (χ1) is 12.4. The molecule has 0 aliphatic carbocycles. The third kappa shape index (κ3) is 3.08. The number of esters is 1. The van der Waals surface area contributed by atoms with E-state index in [0.717, 1.165) is 5.56 Å². The third-order valence-corrected chi connectivity index (χ3v) is 5.92. The van der Waals surface area contributed by atoms with Gasteiger partial charge in [0.1, 0.15) is 23.0 Å². The summed E-state index contributed by atoms with van der Waals surface area (Å²) in [6.07, 6.45) is 0. The van der Waals surface area contributed by atoms with E-state index in [4.69, 9.17) is 14.2 Å². The number of hydrogen-bond donors (Lipinski definition) is 0. The molecule has 26 heavy (non-hydrogen) atoms. The van der Waals surface area contributed by atoms with Gasteiger partial charge >= 0.3 is 5.97 Å². The maximum Gasteiger partial charge on any atom is 0.337 e. The molecule has 7 nitrogen and oxygen atoms in total. The number of hydrogen-bond acceptors (Lipinski definition) is 6. The lowest BCUT2D eigenvalue weighted by Gasteiger charge is -2.31. The predicted octanol–water partition coefficient (Wildman–Crippen LogP) is 2.38. The fourth-order valence-corrected chi connectivity index (χ4v) is 4.49. The number of aryl methyl sites for hydroxylation is 1. The molecule has 0 atom stereocenters. The summed E-state index contributed by atoms with van der Waals surface area (Å²) in [5, 5.41) is 0. The van der Waals surface area contributed by atoms with Crippen molar-refractivity contribution in [1.29, 1.82) is 0 Å². The van der Waals surface area contributed by atoms with Crippen molar-refractivity contribution in [3.63, 3.8) is 0 Å². The minimum atomic E-state index is -3.91. The molecule has 2 aromatic carbocycles. The molecule has 0 amide bonds. The summed E-state index contributed by atoms with van der Waals surface area (Å²) in [6, 6.07) is 9.52. The highest BCUT2D eigenvalue weighted by Crippen LogP contribution is 2.38. The van der Waals surface area contributed by atoms with Crippen molar-refractivity contribution < 1.29 is 27.4 Å². The normalized spacial score (nSPS) is 13.6. The second kappa shape index (κ2) is 6.87. The molecule has 0 N–H and O–H groups in total. The maximum atomic E-state index is 13.3. The molecule has 8 heteroatoms. The van der Waals surface area contributed by atoms with Crippen LogP contribution in [0.4, 0.5) is 5.69 Å². The Kier molecular flexibility index (Phi) is 4.78. The number of methoxy groups -OCH3 is 2. The molecule has 1 heterocycles. The SMILES string of the molecule is COC(=O)c1ccc2c(c1)N(S(=O)(=O)c1cc(C)ccc1OC)CCO2. The summed E-state index contributed by atoms with van der Waals surface area (Å²) >= 11 is 0. The molecule has 0 aromatic heterocycles. The van der Waals surface area contributed by atoms with Crippen LogP contribution in [-0.4, -0.2) is 41.8 Å². The van der Waals surface area contributed by atoms with Crippen LogP contribution in [0.3, 0.4) is 0 Å². The van der Waals surface area contributed by atoms with Gasteiger partial charge in [0, 0.05) is 0 Å². The van der Waals surface area contributed by atoms with Gasteiger partial charge in [-0.15, -0.1) is 0 Å². The van der Waals surface area contributed by atoms with E-state index in [-0.39, 0.29) is 29.4 Å². The zero-order chi connectivity index (χ0) is 18.9. The fourth-order valence-electron chi connectivity index (χ4n) is 2.79. The number of sulfonamides is 1. The molecule has 0 saturated heterocycles. The summed E-state index contributed by atoms with van der Waals surface area (Å²) in [5.41, 5.74) is 1.33. The molecule has 3 rings (SSSR count). The van der Waals surface area contributed by atoms with E-state index in [1.54, 1.807) is 31.2 Å². The van der Waals surface area contributed by atoms with Gasteiger partial charge < -0.3 is 14.2 Å². The molecule has 1 aliphatic rings. The third-order valence-electron chi connectivity index (χ3n) is 4.09. The molecule has 2 aromatic rings. The van der Waals surface area contributed by atoms with Gasteiger partial charge in [-0.3, -0.25) is 4.31 Å². The lowest BCUT2D eigenvalue weighted by atomic mass is 10.1. The van der Waals surface area contributed by atoms with Gasteiger partial charge in [0.25, 0.3) is 10.0 Å². The van der Waals surface area contributed by atoms with Crippen molar-refractivity contribution in [3.8, 4) is 11.5 Å². The fraction of sp³-hybridized carbons (Fsp3) is 0.278. The van der Waals surface area contributed by atoms with Crippen LogP contribution in [0.15, 0.2) is 41.3 Å². The van der Waals surface area contributed by atoms with Gasteiger partial charge in [-0.05, 0) is 42.8 Å². The van der Waals surface area contributed by atoms with Crippen LogP contribution in [0.5, 0.6) is 11.5 Å². The molecule has 0 radical (unpaired) electrons. The zero-order valence-electron chi connectivity index (χ0n) is 14.7. The molecule has 0 fully saturated rings. The van der Waals surface area contributed by atoms with Gasteiger partial charge in [-0.2, -0.15) is 0 Å². The monoisotopic (exact) mass is 377 g/mol. The van der Waals surface area contributed by atoms with E-state index in [9.17, 15) is 13.2 Å².